The largest absolute Gasteiger partial charge is 0.352 e. The van der Waals surface area contributed by atoms with E-state index in [-0.39, 0.29) is 18.0 Å². The number of hydrogen-bond acceptors (Lipinski definition) is 5. The summed E-state index contributed by atoms with van der Waals surface area (Å²) in [5, 5.41) is 9.54. The van der Waals surface area contributed by atoms with Crippen LogP contribution in [0.4, 0.5) is 10.2 Å². The molecular formula is C20H17Cl2FN4O2S. The number of hydrogen-bond donors (Lipinski definition) is 0. The van der Waals surface area contributed by atoms with Crippen molar-refractivity contribution in [1.82, 2.24) is 14.5 Å². The summed E-state index contributed by atoms with van der Waals surface area (Å²) in [5.74, 6) is 0.0671. The molecule has 0 unspecified atom stereocenters. The fourth-order valence-electron chi connectivity index (χ4n) is 3.27. The molecule has 1 fully saturated rings. The van der Waals surface area contributed by atoms with Crippen LogP contribution in [0, 0.1) is 5.82 Å². The van der Waals surface area contributed by atoms with Gasteiger partial charge in [0.2, 0.25) is 10.0 Å². The smallest absolute Gasteiger partial charge is 0.243 e. The molecule has 6 nitrogen and oxygen atoms in total. The Labute approximate surface area is 183 Å². The summed E-state index contributed by atoms with van der Waals surface area (Å²) >= 11 is 12.2. The Hall–Kier alpha value is -2.26. The van der Waals surface area contributed by atoms with E-state index < -0.39 is 15.8 Å². The van der Waals surface area contributed by atoms with Crippen LogP contribution in [0.2, 0.25) is 10.0 Å². The van der Waals surface area contributed by atoms with Crippen molar-refractivity contribution in [3.63, 3.8) is 0 Å². The number of sulfonamides is 1. The van der Waals surface area contributed by atoms with Gasteiger partial charge < -0.3 is 4.90 Å². The lowest BCUT2D eigenvalue weighted by Gasteiger charge is -2.34. The SMILES string of the molecule is O=S(=O)(c1cccc(F)c1)N1CCN(c2ccc(-c3ccc(Cl)cc3Cl)nn2)CC1. The Kier molecular flexibility index (Phi) is 5.92. The van der Waals surface area contributed by atoms with Gasteiger partial charge in [-0.3, -0.25) is 0 Å². The molecule has 0 radical (unpaired) electrons. The number of rotatable bonds is 4. The number of anilines is 1. The monoisotopic (exact) mass is 466 g/mol. The minimum atomic E-state index is -3.74. The zero-order valence-corrected chi connectivity index (χ0v) is 18.0. The highest BCUT2D eigenvalue weighted by atomic mass is 35.5. The topological polar surface area (TPSA) is 66.4 Å². The van der Waals surface area contributed by atoms with Gasteiger partial charge in [0, 0.05) is 36.8 Å². The van der Waals surface area contributed by atoms with Gasteiger partial charge in [-0.2, -0.15) is 4.31 Å². The summed E-state index contributed by atoms with van der Waals surface area (Å²) in [7, 11) is -3.74. The van der Waals surface area contributed by atoms with Gasteiger partial charge in [-0.1, -0.05) is 29.3 Å². The predicted octanol–water partition coefficient (Wildman–Crippen LogP) is 4.10. The molecule has 1 aromatic heterocycles. The van der Waals surface area contributed by atoms with Crippen molar-refractivity contribution >= 4 is 39.0 Å². The molecule has 156 valence electrons. The normalized spacial score (nSPS) is 15.4. The number of nitrogens with zero attached hydrogens (tertiary/aromatic N) is 4. The summed E-state index contributed by atoms with van der Waals surface area (Å²) in [5.41, 5.74) is 1.35. The lowest BCUT2D eigenvalue weighted by atomic mass is 10.1. The molecule has 0 aliphatic carbocycles. The van der Waals surface area contributed by atoms with Gasteiger partial charge in [0.05, 0.1) is 15.6 Å². The second-order valence-electron chi connectivity index (χ2n) is 6.75. The van der Waals surface area contributed by atoms with Crippen LogP contribution in [0.5, 0.6) is 0 Å². The van der Waals surface area contributed by atoms with Gasteiger partial charge in [0.25, 0.3) is 0 Å². The van der Waals surface area contributed by atoms with Crippen LogP contribution < -0.4 is 4.90 Å². The van der Waals surface area contributed by atoms with Crippen LogP contribution >= 0.6 is 23.2 Å². The average molecular weight is 467 g/mol. The molecule has 3 aromatic rings. The van der Waals surface area contributed by atoms with Crippen molar-refractivity contribution in [3.05, 3.63) is 70.5 Å². The van der Waals surface area contributed by atoms with E-state index in [4.69, 9.17) is 23.2 Å². The van der Waals surface area contributed by atoms with E-state index >= 15 is 0 Å². The van der Waals surface area contributed by atoms with Crippen molar-refractivity contribution < 1.29 is 12.8 Å². The minimum absolute atomic E-state index is 0.0417. The third-order valence-corrected chi connectivity index (χ3v) is 7.30. The number of piperazine rings is 1. The first-order valence-electron chi connectivity index (χ1n) is 9.14. The third kappa shape index (κ3) is 4.27. The van der Waals surface area contributed by atoms with E-state index in [2.05, 4.69) is 10.2 Å². The van der Waals surface area contributed by atoms with Crippen molar-refractivity contribution in [2.75, 3.05) is 31.1 Å². The van der Waals surface area contributed by atoms with Crippen LogP contribution in [-0.4, -0.2) is 49.1 Å². The molecule has 0 N–H and O–H groups in total. The lowest BCUT2D eigenvalue weighted by molar-refractivity contribution is 0.383. The molecule has 2 heterocycles. The maximum Gasteiger partial charge on any atom is 0.243 e. The Bertz CT molecular complexity index is 1170. The first-order chi connectivity index (χ1) is 14.3. The Balaban J connectivity index is 1.45. The van der Waals surface area contributed by atoms with E-state index in [1.165, 1.54) is 22.5 Å². The fraction of sp³-hybridized carbons (Fsp3) is 0.200. The highest BCUT2D eigenvalue weighted by molar-refractivity contribution is 7.89. The number of benzene rings is 2. The Morgan fingerprint density at radius 2 is 1.67 bits per heavy atom. The molecule has 10 heteroatoms. The second-order valence-corrected chi connectivity index (χ2v) is 9.53. The van der Waals surface area contributed by atoms with Gasteiger partial charge in [-0.15, -0.1) is 10.2 Å². The minimum Gasteiger partial charge on any atom is -0.352 e. The molecule has 2 aromatic carbocycles. The van der Waals surface area contributed by atoms with Gasteiger partial charge in [0.1, 0.15) is 5.82 Å². The molecule has 30 heavy (non-hydrogen) atoms. The summed E-state index contributed by atoms with van der Waals surface area (Å²) in [6, 6.07) is 13.8. The summed E-state index contributed by atoms with van der Waals surface area (Å²) in [4.78, 5) is 1.91. The van der Waals surface area contributed by atoms with Gasteiger partial charge in [0.15, 0.2) is 5.82 Å². The fourth-order valence-corrected chi connectivity index (χ4v) is 5.23. The molecule has 0 bridgehead atoms. The van der Waals surface area contributed by atoms with E-state index in [9.17, 15) is 12.8 Å². The van der Waals surface area contributed by atoms with Crippen LogP contribution in [0.15, 0.2) is 59.5 Å². The highest BCUT2D eigenvalue weighted by Gasteiger charge is 2.29. The molecule has 1 aliphatic heterocycles. The maximum absolute atomic E-state index is 13.4. The molecule has 1 saturated heterocycles. The zero-order valence-electron chi connectivity index (χ0n) is 15.7. The molecule has 0 atom stereocenters. The first kappa shape index (κ1) is 21.0. The van der Waals surface area contributed by atoms with Gasteiger partial charge in [-0.05, 0) is 48.5 Å². The predicted molar refractivity (Wildman–Crippen MR) is 115 cm³/mol. The second kappa shape index (κ2) is 8.47. The average Bonchev–Trinajstić information content (AvgIpc) is 2.74. The van der Waals surface area contributed by atoms with E-state index in [1.807, 2.05) is 17.0 Å². The quantitative estimate of drug-likeness (QED) is 0.578. The third-order valence-electron chi connectivity index (χ3n) is 4.85. The molecule has 4 rings (SSSR count). The lowest BCUT2D eigenvalue weighted by Crippen LogP contribution is -2.49. The van der Waals surface area contributed by atoms with Crippen molar-refractivity contribution in [2.45, 2.75) is 4.90 Å². The van der Waals surface area contributed by atoms with E-state index in [1.54, 1.807) is 18.2 Å². The van der Waals surface area contributed by atoms with Crippen LogP contribution in [-0.2, 0) is 10.0 Å². The highest BCUT2D eigenvalue weighted by Crippen LogP contribution is 2.29. The van der Waals surface area contributed by atoms with Gasteiger partial charge >= 0.3 is 0 Å². The zero-order chi connectivity index (χ0) is 21.3. The molecule has 0 saturated carbocycles. The van der Waals surface area contributed by atoms with Crippen LogP contribution in [0.1, 0.15) is 0 Å². The van der Waals surface area contributed by atoms with Crippen LogP contribution in [0.3, 0.4) is 0 Å². The Morgan fingerprint density at radius 1 is 0.900 bits per heavy atom. The van der Waals surface area contributed by atoms with Crippen molar-refractivity contribution in [1.29, 1.82) is 0 Å². The van der Waals surface area contributed by atoms with Gasteiger partial charge in [-0.25, -0.2) is 12.8 Å². The Morgan fingerprint density at radius 3 is 2.30 bits per heavy atom. The van der Waals surface area contributed by atoms with Crippen LogP contribution in [0.25, 0.3) is 11.3 Å². The summed E-state index contributed by atoms with van der Waals surface area (Å²) < 4.78 is 40.2. The molecular weight excluding hydrogens is 450 g/mol. The maximum atomic E-state index is 13.4. The summed E-state index contributed by atoms with van der Waals surface area (Å²) in [6.07, 6.45) is 0. The number of aromatic nitrogens is 2. The number of halogens is 3. The molecule has 0 spiro atoms. The van der Waals surface area contributed by atoms with Crippen molar-refractivity contribution in [2.24, 2.45) is 0 Å². The van der Waals surface area contributed by atoms with E-state index in [0.29, 0.717) is 34.6 Å². The summed E-state index contributed by atoms with van der Waals surface area (Å²) in [6.45, 7) is 1.44. The van der Waals surface area contributed by atoms with Crippen molar-refractivity contribution in [3.8, 4) is 11.3 Å². The van der Waals surface area contributed by atoms with E-state index in [0.717, 1.165) is 11.6 Å². The molecule has 1 aliphatic rings. The molecule has 0 amide bonds. The first-order valence-corrected chi connectivity index (χ1v) is 11.3. The standard InChI is InChI=1S/C20H17Cl2FN4O2S/c21-14-4-5-17(18(22)12-14)19-6-7-20(25-24-19)26-8-10-27(11-9-26)30(28,29)16-3-1-2-15(23)13-16/h1-7,12-13H,8-11H2.